The summed E-state index contributed by atoms with van der Waals surface area (Å²) in [5.41, 5.74) is 1.41. The first-order chi connectivity index (χ1) is 13.2. The summed E-state index contributed by atoms with van der Waals surface area (Å²) < 4.78 is 52.2. The molecule has 2 aromatic carbocycles. The fourth-order valence-corrected chi connectivity index (χ4v) is 4.50. The van der Waals surface area contributed by atoms with Crippen molar-refractivity contribution in [2.24, 2.45) is 0 Å². The van der Waals surface area contributed by atoms with E-state index in [4.69, 9.17) is 0 Å². The van der Waals surface area contributed by atoms with E-state index in [0.717, 1.165) is 3.57 Å². The Morgan fingerprint density at radius 1 is 0.929 bits per heavy atom. The molecule has 0 atom stereocenters. The zero-order chi connectivity index (χ0) is 20.4. The number of sulfonamides is 1. The molecule has 3 aromatic rings. The zero-order valence-corrected chi connectivity index (χ0v) is 18.5. The van der Waals surface area contributed by atoms with Crippen molar-refractivity contribution in [2.75, 3.05) is 10.5 Å². The molecular formula is C18H16IN3O4S2. The van der Waals surface area contributed by atoms with Crippen LogP contribution in [0.5, 0.6) is 0 Å². The highest BCUT2D eigenvalue weighted by molar-refractivity contribution is 14.1. The first-order valence-corrected chi connectivity index (χ1v) is 12.4. The number of nitrogens with zero attached hydrogens (tertiary/aromatic N) is 2. The first kappa shape index (κ1) is 20.7. The third-order valence-electron chi connectivity index (χ3n) is 3.87. The second-order valence-corrected chi connectivity index (χ2v) is 11.0. The van der Waals surface area contributed by atoms with Crippen molar-refractivity contribution >= 4 is 48.1 Å². The third kappa shape index (κ3) is 4.67. The number of nitrogens with one attached hydrogen (secondary N) is 1. The highest BCUT2D eigenvalue weighted by Gasteiger charge is 2.16. The van der Waals surface area contributed by atoms with Crippen LogP contribution in [0, 0.1) is 3.57 Å². The van der Waals surface area contributed by atoms with Gasteiger partial charge < -0.3 is 0 Å². The molecule has 146 valence electrons. The molecule has 28 heavy (non-hydrogen) atoms. The number of sulfone groups is 1. The smallest absolute Gasteiger partial charge is 0.261 e. The Hall–Kier alpha value is -2.05. The number of rotatable bonds is 6. The highest BCUT2D eigenvalue weighted by atomic mass is 127. The standard InChI is InChI=1S/C18H16IN3O4S2/c1-2-27(23,24)18-11-10-17(20-21-18)13-4-3-5-15(12-13)22-28(25,26)16-8-6-14(19)7-9-16/h3-12,22H,2H2,1H3. The van der Waals surface area contributed by atoms with Crippen molar-refractivity contribution in [3.05, 3.63) is 64.2 Å². The molecule has 0 radical (unpaired) electrons. The van der Waals surface area contributed by atoms with Gasteiger partial charge >= 0.3 is 0 Å². The van der Waals surface area contributed by atoms with Crippen LogP contribution in [-0.2, 0) is 19.9 Å². The normalized spacial score (nSPS) is 11.9. The lowest BCUT2D eigenvalue weighted by molar-refractivity contribution is 0.591. The Balaban J connectivity index is 1.87. The van der Waals surface area contributed by atoms with Gasteiger partial charge in [0.2, 0.25) is 0 Å². The van der Waals surface area contributed by atoms with E-state index in [1.54, 1.807) is 42.5 Å². The van der Waals surface area contributed by atoms with Crippen LogP contribution >= 0.6 is 22.6 Å². The second-order valence-electron chi connectivity index (χ2n) is 5.80. The van der Waals surface area contributed by atoms with Crippen molar-refractivity contribution in [3.63, 3.8) is 0 Å². The Bertz CT molecular complexity index is 1190. The summed E-state index contributed by atoms with van der Waals surface area (Å²) in [6, 6.07) is 16.1. The fraction of sp³-hybridized carbons (Fsp3) is 0.111. The topological polar surface area (TPSA) is 106 Å². The molecule has 0 spiro atoms. The number of hydrogen-bond acceptors (Lipinski definition) is 6. The second kappa shape index (κ2) is 8.13. The average Bonchev–Trinajstić information content (AvgIpc) is 2.68. The van der Waals surface area contributed by atoms with Gasteiger partial charge in [-0.05, 0) is 71.1 Å². The number of halogens is 1. The lowest BCUT2D eigenvalue weighted by atomic mass is 10.1. The van der Waals surface area contributed by atoms with E-state index < -0.39 is 19.9 Å². The van der Waals surface area contributed by atoms with Crippen LogP contribution in [0.4, 0.5) is 5.69 Å². The monoisotopic (exact) mass is 529 g/mol. The summed E-state index contributed by atoms with van der Waals surface area (Å²) >= 11 is 2.10. The Morgan fingerprint density at radius 3 is 2.25 bits per heavy atom. The largest absolute Gasteiger partial charge is 0.280 e. The Labute approximate surface area is 177 Å². The SMILES string of the molecule is CCS(=O)(=O)c1ccc(-c2cccc(NS(=O)(=O)c3ccc(I)cc3)c2)nn1. The molecule has 0 saturated heterocycles. The van der Waals surface area contributed by atoms with Gasteiger partial charge in [-0.3, -0.25) is 4.72 Å². The van der Waals surface area contributed by atoms with Crippen LogP contribution < -0.4 is 4.72 Å². The number of aromatic nitrogens is 2. The maximum atomic E-state index is 12.5. The van der Waals surface area contributed by atoms with Crippen molar-refractivity contribution < 1.29 is 16.8 Å². The van der Waals surface area contributed by atoms with Crippen LogP contribution in [0.2, 0.25) is 0 Å². The predicted molar refractivity (Wildman–Crippen MR) is 115 cm³/mol. The summed E-state index contributed by atoms with van der Waals surface area (Å²) in [6.45, 7) is 1.54. The van der Waals surface area contributed by atoms with Gasteiger partial charge in [0, 0.05) is 14.8 Å². The molecule has 0 fully saturated rings. The van der Waals surface area contributed by atoms with E-state index in [9.17, 15) is 16.8 Å². The Kier molecular flexibility index (Phi) is 6.01. The third-order valence-corrected chi connectivity index (χ3v) is 7.60. The van der Waals surface area contributed by atoms with Gasteiger partial charge in [-0.1, -0.05) is 19.1 Å². The molecular weight excluding hydrogens is 513 g/mol. The van der Waals surface area contributed by atoms with E-state index in [2.05, 4.69) is 37.5 Å². The number of anilines is 1. The lowest BCUT2D eigenvalue weighted by Crippen LogP contribution is -2.13. The van der Waals surface area contributed by atoms with Gasteiger partial charge in [0.15, 0.2) is 14.9 Å². The molecule has 1 heterocycles. The fourth-order valence-electron chi connectivity index (χ4n) is 2.36. The molecule has 0 unspecified atom stereocenters. The summed E-state index contributed by atoms with van der Waals surface area (Å²) in [5.74, 6) is -0.0587. The van der Waals surface area contributed by atoms with Gasteiger partial charge in [-0.15, -0.1) is 10.2 Å². The molecule has 0 aliphatic carbocycles. The van der Waals surface area contributed by atoms with E-state index in [-0.39, 0.29) is 15.7 Å². The Morgan fingerprint density at radius 2 is 1.64 bits per heavy atom. The molecule has 0 bridgehead atoms. The summed E-state index contributed by atoms with van der Waals surface area (Å²) in [5, 5.41) is 7.65. The van der Waals surface area contributed by atoms with Gasteiger partial charge in [0.25, 0.3) is 10.0 Å². The maximum absolute atomic E-state index is 12.5. The summed E-state index contributed by atoms with van der Waals surface area (Å²) in [7, 11) is -7.16. The van der Waals surface area contributed by atoms with E-state index in [1.807, 2.05) is 0 Å². The maximum Gasteiger partial charge on any atom is 0.261 e. The lowest BCUT2D eigenvalue weighted by Gasteiger charge is -2.10. The van der Waals surface area contributed by atoms with Crippen LogP contribution in [-0.4, -0.2) is 32.8 Å². The van der Waals surface area contributed by atoms with Crippen LogP contribution in [0.25, 0.3) is 11.3 Å². The van der Waals surface area contributed by atoms with E-state index >= 15 is 0 Å². The zero-order valence-electron chi connectivity index (χ0n) is 14.7. The minimum Gasteiger partial charge on any atom is -0.280 e. The van der Waals surface area contributed by atoms with Crippen molar-refractivity contribution in [1.29, 1.82) is 0 Å². The van der Waals surface area contributed by atoms with E-state index in [0.29, 0.717) is 16.9 Å². The summed E-state index contributed by atoms with van der Waals surface area (Å²) in [6.07, 6.45) is 0. The van der Waals surface area contributed by atoms with Crippen molar-refractivity contribution in [1.82, 2.24) is 10.2 Å². The molecule has 0 aliphatic rings. The molecule has 3 rings (SSSR count). The first-order valence-electron chi connectivity index (χ1n) is 8.16. The van der Waals surface area contributed by atoms with Gasteiger partial charge in [-0.25, -0.2) is 16.8 Å². The van der Waals surface area contributed by atoms with Crippen molar-refractivity contribution in [3.8, 4) is 11.3 Å². The molecule has 1 N–H and O–H groups in total. The molecule has 10 heteroatoms. The summed E-state index contributed by atoms with van der Waals surface area (Å²) in [4.78, 5) is 0.159. The minimum atomic E-state index is -3.73. The molecule has 7 nitrogen and oxygen atoms in total. The van der Waals surface area contributed by atoms with Gasteiger partial charge in [-0.2, -0.15) is 0 Å². The quantitative estimate of drug-likeness (QED) is 0.491. The van der Waals surface area contributed by atoms with Gasteiger partial charge in [0.05, 0.1) is 16.3 Å². The van der Waals surface area contributed by atoms with Crippen molar-refractivity contribution in [2.45, 2.75) is 16.8 Å². The molecule has 0 saturated carbocycles. The highest BCUT2D eigenvalue weighted by Crippen LogP contribution is 2.23. The number of hydrogen-bond donors (Lipinski definition) is 1. The average molecular weight is 529 g/mol. The van der Waals surface area contributed by atoms with Crippen LogP contribution in [0.15, 0.2) is 70.6 Å². The van der Waals surface area contributed by atoms with Crippen LogP contribution in [0.3, 0.4) is 0 Å². The predicted octanol–water partition coefficient (Wildman–Crippen LogP) is 3.34. The van der Waals surface area contributed by atoms with E-state index in [1.165, 1.54) is 25.1 Å². The molecule has 1 aromatic heterocycles. The van der Waals surface area contributed by atoms with Gasteiger partial charge in [0.1, 0.15) is 0 Å². The number of benzene rings is 2. The van der Waals surface area contributed by atoms with Crippen LogP contribution in [0.1, 0.15) is 6.92 Å². The molecule has 0 aliphatic heterocycles. The molecule has 0 amide bonds. The minimum absolute atomic E-state index is 0.0587.